The van der Waals surface area contributed by atoms with Crippen LogP contribution in [0.5, 0.6) is 0 Å². The van der Waals surface area contributed by atoms with E-state index >= 15 is 0 Å². The molecule has 6 heteroatoms. The van der Waals surface area contributed by atoms with E-state index in [0.29, 0.717) is 19.0 Å². The van der Waals surface area contributed by atoms with Crippen molar-refractivity contribution in [3.8, 4) is 11.4 Å². The summed E-state index contributed by atoms with van der Waals surface area (Å²) in [4.78, 5) is 26.9. The van der Waals surface area contributed by atoms with Crippen molar-refractivity contribution < 1.29 is 4.79 Å². The number of nitrogens with one attached hydrogen (secondary N) is 1. The topological polar surface area (TPSA) is 61.4 Å². The summed E-state index contributed by atoms with van der Waals surface area (Å²) in [6, 6.07) is 20.2. The highest BCUT2D eigenvalue weighted by molar-refractivity contribution is 5.74. The van der Waals surface area contributed by atoms with Gasteiger partial charge in [-0.1, -0.05) is 74.5 Å². The summed E-state index contributed by atoms with van der Waals surface area (Å²) in [7, 11) is 0. The van der Waals surface area contributed by atoms with Gasteiger partial charge in [0, 0.05) is 49.5 Å². The van der Waals surface area contributed by atoms with Crippen molar-refractivity contribution in [2.45, 2.75) is 39.7 Å². The third kappa shape index (κ3) is 5.51. The molecule has 1 aliphatic rings. The zero-order valence-corrected chi connectivity index (χ0v) is 19.8. The first-order valence-electron chi connectivity index (χ1n) is 11.8. The Morgan fingerprint density at radius 2 is 1.64 bits per heavy atom. The van der Waals surface area contributed by atoms with Crippen LogP contribution >= 0.6 is 0 Å². The van der Waals surface area contributed by atoms with E-state index in [1.54, 1.807) is 0 Å². The van der Waals surface area contributed by atoms with Gasteiger partial charge in [0.25, 0.3) is 0 Å². The fourth-order valence-corrected chi connectivity index (χ4v) is 4.42. The van der Waals surface area contributed by atoms with Crippen molar-refractivity contribution in [2.75, 3.05) is 31.1 Å². The van der Waals surface area contributed by atoms with Gasteiger partial charge in [0.1, 0.15) is 5.82 Å². The molecule has 172 valence electrons. The van der Waals surface area contributed by atoms with Gasteiger partial charge in [0.2, 0.25) is 0 Å². The molecule has 1 fully saturated rings. The molecule has 3 aromatic rings. The highest BCUT2D eigenvalue weighted by atomic mass is 16.2. The van der Waals surface area contributed by atoms with Crippen LogP contribution in [0.1, 0.15) is 43.0 Å². The molecule has 1 aromatic heterocycles. The van der Waals surface area contributed by atoms with Gasteiger partial charge in [-0.3, -0.25) is 0 Å². The van der Waals surface area contributed by atoms with E-state index < -0.39 is 0 Å². The minimum atomic E-state index is -0.00590. The quantitative estimate of drug-likeness (QED) is 0.603. The van der Waals surface area contributed by atoms with Gasteiger partial charge in [0.05, 0.1) is 0 Å². The van der Waals surface area contributed by atoms with E-state index in [4.69, 9.17) is 9.97 Å². The van der Waals surface area contributed by atoms with Crippen LogP contribution in [-0.2, 0) is 6.54 Å². The Kier molecular flexibility index (Phi) is 7.23. The highest BCUT2D eigenvalue weighted by Gasteiger charge is 2.24. The van der Waals surface area contributed by atoms with Crippen LogP contribution < -0.4 is 10.2 Å². The SMILES string of the molecule is Cc1nc(-c2ccccc2)nc(N2CCCN(C(=O)NCc3ccccc3)CC2)c1C(C)C. The Labute approximate surface area is 196 Å². The van der Waals surface area contributed by atoms with Gasteiger partial charge >= 0.3 is 6.03 Å². The second kappa shape index (κ2) is 10.5. The molecule has 6 nitrogen and oxygen atoms in total. The Bertz CT molecular complexity index is 1070. The van der Waals surface area contributed by atoms with E-state index in [2.05, 4.69) is 43.1 Å². The standard InChI is InChI=1S/C27H33N5O/c1-20(2)24-21(3)29-25(23-13-8-5-9-14-23)30-26(24)31-15-10-16-32(18-17-31)27(33)28-19-22-11-6-4-7-12-22/h4-9,11-14,20H,10,15-19H2,1-3H3,(H,28,33). The molecule has 4 rings (SSSR count). The number of nitrogens with zero attached hydrogens (tertiary/aromatic N) is 4. The number of hydrogen-bond donors (Lipinski definition) is 1. The number of urea groups is 1. The van der Waals surface area contributed by atoms with Crippen molar-refractivity contribution in [3.05, 3.63) is 77.5 Å². The van der Waals surface area contributed by atoms with Gasteiger partial charge in [-0.15, -0.1) is 0 Å². The minimum absolute atomic E-state index is 0.00590. The maximum atomic E-state index is 12.8. The van der Waals surface area contributed by atoms with Gasteiger partial charge in [-0.2, -0.15) is 0 Å². The van der Waals surface area contributed by atoms with Crippen LogP contribution in [0.2, 0.25) is 0 Å². The molecule has 0 saturated carbocycles. The van der Waals surface area contributed by atoms with Crippen molar-refractivity contribution >= 4 is 11.8 Å². The number of hydrogen-bond acceptors (Lipinski definition) is 4. The van der Waals surface area contributed by atoms with E-state index in [-0.39, 0.29) is 6.03 Å². The van der Waals surface area contributed by atoms with Crippen molar-refractivity contribution in [3.63, 3.8) is 0 Å². The fraction of sp³-hybridized carbons (Fsp3) is 0.370. The Morgan fingerprint density at radius 3 is 2.33 bits per heavy atom. The fourth-order valence-electron chi connectivity index (χ4n) is 4.42. The highest BCUT2D eigenvalue weighted by Crippen LogP contribution is 2.31. The molecule has 0 spiro atoms. The number of aryl methyl sites for hydroxylation is 1. The lowest BCUT2D eigenvalue weighted by atomic mass is 10.0. The molecule has 2 aromatic carbocycles. The third-order valence-electron chi connectivity index (χ3n) is 6.09. The van der Waals surface area contributed by atoms with E-state index in [9.17, 15) is 4.79 Å². The van der Waals surface area contributed by atoms with Crippen LogP contribution in [-0.4, -0.2) is 47.1 Å². The Morgan fingerprint density at radius 1 is 0.939 bits per heavy atom. The average Bonchev–Trinajstić information content (AvgIpc) is 3.09. The Hall–Kier alpha value is -3.41. The lowest BCUT2D eigenvalue weighted by Gasteiger charge is -2.27. The molecule has 0 aliphatic carbocycles. The van der Waals surface area contributed by atoms with E-state index in [1.807, 2.05) is 53.4 Å². The number of anilines is 1. The maximum absolute atomic E-state index is 12.8. The lowest BCUT2D eigenvalue weighted by Crippen LogP contribution is -2.42. The summed E-state index contributed by atoms with van der Waals surface area (Å²) in [5.74, 6) is 2.08. The first kappa shape index (κ1) is 22.8. The number of amides is 2. The molecular formula is C27H33N5O. The average molecular weight is 444 g/mol. The second-order valence-corrected chi connectivity index (χ2v) is 8.86. The Balaban J connectivity index is 1.51. The first-order valence-corrected chi connectivity index (χ1v) is 11.8. The molecule has 1 N–H and O–H groups in total. The predicted octanol–water partition coefficient (Wildman–Crippen LogP) is 5.00. The molecular weight excluding hydrogens is 410 g/mol. The van der Waals surface area contributed by atoms with Crippen molar-refractivity contribution in [1.82, 2.24) is 20.2 Å². The minimum Gasteiger partial charge on any atom is -0.354 e. The van der Waals surface area contributed by atoms with Crippen molar-refractivity contribution in [1.29, 1.82) is 0 Å². The molecule has 0 unspecified atom stereocenters. The normalized spacial score (nSPS) is 14.3. The zero-order chi connectivity index (χ0) is 23.2. The summed E-state index contributed by atoms with van der Waals surface area (Å²) in [6.45, 7) is 10.0. The predicted molar refractivity (Wildman–Crippen MR) is 133 cm³/mol. The van der Waals surface area contributed by atoms with Gasteiger partial charge in [-0.25, -0.2) is 14.8 Å². The molecule has 1 saturated heterocycles. The largest absolute Gasteiger partial charge is 0.354 e. The van der Waals surface area contributed by atoms with Crippen LogP contribution in [0, 0.1) is 6.92 Å². The number of rotatable bonds is 5. The number of aromatic nitrogens is 2. The molecule has 2 heterocycles. The van der Waals surface area contributed by atoms with Gasteiger partial charge in [0.15, 0.2) is 5.82 Å². The van der Waals surface area contributed by atoms with Crippen LogP contribution in [0.4, 0.5) is 10.6 Å². The van der Waals surface area contributed by atoms with Gasteiger partial charge < -0.3 is 15.1 Å². The number of carbonyl (C=O) groups is 1. The van der Waals surface area contributed by atoms with Crippen LogP contribution in [0.15, 0.2) is 60.7 Å². The molecule has 0 radical (unpaired) electrons. The molecule has 33 heavy (non-hydrogen) atoms. The second-order valence-electron chi connectivity index (χ2n) is 8.86. The maximum Gasteiger partial charge on any atom is 0.317 e. The summed E-state index contributed by atoms with van der Waals surface area (Å²) in [5, 5.41) is 3.06. The van der Waals surface area contributed by atoms with Crippen LogP contribution in [0.25, 0.3) is 11.4 Å². The van der Waals surface area contributed by atoms with E-state index in [0.717, 1.165) is 54.5 Å². The first-order chi connectivity index (χ1) is 16.0. The number of carbonyl (C=O) groups excluding carboxylic acids is 1. The van der Waals surface area contributed by atoms with Crippen molar-refractivity contribution in [2.24, 2.45) is 0 Å². The van der Waals surface area contributed by atoms with Gasteiger partial charge in [-0.05, 0) is 24.8 Å². The summed E-state index contributed by atoms with van der Waals surface area (Å²) in [6.07, 6.45) is 0.903. The summed E-state index contributed by atoms with van der Waals surface area (Å²) in [5.41, 5.74) is 4.34. The summed E-state index contributed by atoms with van der Waals surface area (Å²) < 4.78 is 0. The lowest BCUT2D eigenvalue weighted by molar-refractivity contribution is 0.201. The smallest absolute Gasteiger partial charge is 0.317 e. The zero-order valence-electron chi connectivity index (χ0n) is 19.8. The molecule has 2 amide bonds. The van der Waals surface area contributed by atoms with E-state index in [1.165, 1.54) is 5.56 Å². The third-order valence-corrected chi connectivity index (χ3v) is 6.09. The molecule has 0 bridgehead atoms. The molecule has 0 atom stereocenters. The summed E-state index contributed by atoms with van der Waals surface area (Å²) >= 11 is 0. The molecule has 1 aliphatic heterocycles. The number of benzene rings is 2. The van der Waals surface area contributed by atoms with Crippen LogP contribution in [0.3, 0.4) is 0 Å². The monoisotopic (exact) mass is 443 g/mol.